The minimum absolute atomic E-state index is 0.254. The van der Waals surface area contributed by atoms with Crippen LogP contribution in [0.5, 0.6) is 5.75 Å². The van der Waals surface area contributed by atoms with Gasteiger partial charge in [0.1, 0.15) is 12.0 Å². The number of rotatable bonds is 13. The van der Waals surface area contributed by atoms with Crippen molar-refractivity contribution in [3.8, 4) is 5.75 Å². The maximum absolute atomic E-state index is 11.3. The number of fused-ring (bicyclic) bond motifs is 1. The molecule has 188 valence electrons. The highest BCUT2D eigenvalue weighted by Crippen LogP contribution is 2.32. The van der Waals surface area contributed by atoms with Crippen molar-refractivity contribution in [3.05, 3.63) is 48.5 Å². The number of methoxy groups -OCH3 is 1. The molecule has 1 saturated heterocycles. The predicted molar refractivity (Wildman–Crippen MR) is 138 cm³/mol. The first-order chi connectivity index (χ1) is 17.1. The summed E-state index contributed by atoms with van der Waals surface area (Å²) in [7, 11) is 1.69. The van der Waals surface area contributed by atoms with E-state index in [0.717, 1.165) is 85.8 Å². The van der Waals surface area contributed by atoms with Crippen LogP contribution in [0.1, 0.15) is 44.1 Å². The normalized spacial score (nSPS) is 18.7. The van der Waals surface area contributed by atoms with Gasteiger partial charge in [0.05, 0.1) is 18.8 Å². The molecule has 1 N–H and O–H groups in total. The lowest BCUT2D eigenvalue weighted by molar-refractivity contribution is -0.137. The molecule has 3 heterocycles. The summed E-state index contributed by atoms with van der Waals surface area (Å²) >= 11 is 1.65. The van der Waals surface area contributed by atoms with Gasteiger partial charge in [0.2, 0.25) is 0 Å². The quantitative estimate of drug-likeness (QED) is 0.243. The molecule has 35 heavy (non-hydrogen) atoms. The highest BCUT2D eigenvalue weighted by Gasteiger charge is 2.29. The van der Waals surface area contributed by atoms with Gasteiger partial charge in [-0.15, -0.1) is 0 Å². The van der Waals surface area contributed by atoms with Crippen LogP contribution in [0.3, 0.4) is 0 Å². The topological polar surface area (TPSA) is 88.7 Å². The summed E-state index contributed by atoms with van der Waals surface area (Å²) in [4.78, 5) is 22.4. The second-order valence-corrected chi connectivity index (χ2v) is 10.3. The molecule has 2 unspecified atom stereocenters. The SMILES string of the molecule is COc1ccc2nccc(CCCC3CCN(CCCSc4ncco4)CC3CCC(=O)O)c2c1. The van der Waals surface area contributed by atoms with Crippen LogP contribution < -0.4 is 4.74 Å². The Morgan fingerprint density at radius 3 is 2.91 bits per heavy atom. The smallest absolute Gasteiger partial charge is 0.303 e. The van der Waals surface area contributed by atoms with E-state index in [1.165, 1.54) is 5.56 Å². The summed E-state index contributed by atoms with van der Waals surface area (Å²) < 4.78 is 10.7. The van der Waals surface area contributed by atoms with Gasteiger partial charge in [-0.05, 0) is 93.3 Å². The molecule has 1 aromatic carbocycles. The Morgan fingerprint density at radius 1 is 1.20 bits per heavy atom. The van der Waals surface area contributed by atoms with Gasteiger partial charge in [-0.3, -0.25) is 9.78 Å². The molecule has 0 saturated carbocycles. The number of aryl methyl sites for hydroxylation is 1. The minimum atomic E-state index is -0.694. The van der Waals surface area contributed by atoms with Crippen molar-refractivity contribution in [2.24, 2.45) is 11.8 Å². The Hall–Kier alpha value is -2.58. The van der Waals surface area contributed by atoms with Crippen molar-refractivity contribution in [1.82, 2.24) is 14.9 Å². The van der Waals surface area contributed by atoms with E-state index in [0.29, 0.717) is 11.8 Å². The largest absolute Gasteiger partial charge is 0.497 e. The molecule has 1 aliphatic heterocycles. The number of carboxylic acid groups (broad SMARTS) is 1. The molecular weight excluding hydrogens is 462 g/mol. The molecule has 0 radical (unpaired) electrons. The number of oxazole rings is 1. The van der Waals surface area contributed by atoms with E-state index >= 15 is 0 Å². The number of pyridine rings is 1. The van der Waals surface area contributed by atoms with Crippen molar-refractivity contribution in [1.29, 1.82) is 0 Å². The van der Waals surface area contributed by atoms with E-state index in [2.05, 4.69) is 27.0 Å². The third-order valence-electron chi connectivity index (χ3n) is 7.02. The fraction of sp³-hybridized carbons (Fsp3) is 0.519. The predicted octanol–water partition coefficient (Wildman–Crippen LogP) is 5.54. The molecule has 4 rings (SSSR count). The van der Waals surface area contributed by atoms with Gasteiger partial charge in [0.15, 0.2) is 0 Å². The third kappa shape index (κ3) is 7.45. The Bertz CT molecular complexity index is 1080. The number of ether oxygens (including phenoxy) is 1. The molecule has 0 amide bonds. The molecule has 0 aliphatic carbocycles. The minimum Gasteiger partial charge on any atom is -0.497 e. The number of benzene rings is 1. The van der Waals surface area contributed by atoms with Crippen molar-refractivity contribution in [2.75, 3.05) is 32.5 Å². The van der Waals surface area contributed by atoms with E-state index in [1.54, 1.807) is 31.3 Å². The monoisotopic (exact) mass is 497 g/mol. The van der Waals surface area contributed by atoms with Crippen LogP contribution in [0.25, 0.3) is 10.9 Å². The number of carboxylic acids is 1. The number of thioether (sulfide) groups is 1. The van der Waals surface area contributed by atoms with Crippen molar-refractivity contribution in [2.45, 2.75) is 50.2 Å². The van der Waals surface area contributed by atoms with Crippen LogP contribution in [0, 0.1) is 11.8 Å². The molecule has 0 spiro atoms. The van der Waals surface area contributed by atoms with Gasteiger partial charge in [-0.2, -0.15) is 0 Å². The first kappa shape index (κ1) is 25.5. The van der Waals surface area contributed by atoms with Crippen LogP contribution in [-0.4, -0.2) is 58.4 Å². The van der Waals surface area contributed by atoms with Gasteiger partial charge < -0.3 is 19.2 Å². The van der Waals surface area contributed by atoms with Gasteiger partial charge in [-0.1, -0.05) is 11.8 Å². The number of nitrogens with zero attached hydrogens (tertiary/aromatic N) is 3. The van der Waals surface area contributed by atoms with Gasteiger partial charge in [0.25, 0.3) is 5.22 Å². The molecular formula is C27H35N3O4S. The van der Waals surface area contributed by atoms with Gasteiger partial charge in [-0.25, -0.2) is 4.98 Å². The number of hydrogen-bond donors (Lipinski definition) is 1. The van der Waals surface area contributed by atoms with Crippen LogP contribution in [0.2, 0.25) is 0 Å². The zero-order valence-electron chi connectivity index (χ0n) is 20.4. The summed E-state index contributed by atoms with van der Waals surface area (Å²) in [5.41, 5.74) is 2.30. The number of piperidine rings is 1. The van der Waals surface area contributed by atoms with E-state index < -0.39 is 5.97 Å². The zero-order valence-corrected chi connectivity index (χ0v) is 21.2. The number of hydrogen-bond acceptors (Lipinski definition) is 7. The van der Waals surface area contributed by atoms with Gasteiger partial charge in [0, 0.05) is 30.3 Å². The molecule has 2 atom stereocenters. The summed E-state index contributed by atoms with van der Waals surface area (Å²) in [5.74, 6) is 2.15. The Kier molecular flexibility index (Phi) is 9.42. The fourth-order valence-electron chi connectivity index (χ4n) is 5.19. The average molecular weight is 498 g/mol. The van der Waals surface area contributed by atoms with E-state index in [4.69, 9.17) is 9.15 Å². The fourth-order valence-corrected chi connectivity index (χ4v) is 5.89. The Balaban J connectivity index is 1.29. The number of aromatic nitrogens is 2. The van der Waals surface area contributed by atoms with Crippen molar-refractivity contribution in [3.63, 3.8) is 0 Å². The molecule has 7 nitrogen and oxygen atoms in total. The second kappa shape index (κ2) is 12.9. The van der Waals surface area contributed by atoms with Crippen LogP contribution in [-0.2, 0) is 11.2 Å². The van der Waals surface area contributed by atoms with E-state index in [1.807, 2.05) is 18.3 Å². The van der Waals surface area contributed by atoms with E-state index in [-0.39, 0.29) is 6.42 Å². The highest BCUT2D eigenvalue weighted by molar-refractivity contribution is 7.99. The van der Waals surface area contributed by atoms with E-state index in [9.17, 15) is 9.90 Å². The number of aliphatic carboxylic acids is 1. The summed E-state index contributed by atoms with van der Waals surface area (Å²) in [6.45, 7) is 3.12. The zero-order chi connectivity index (χ0) is 24.5. The summed E-state index contributed by atoms with van der Waals surface area (Å²) in [6.07, 6.45) is 11.6. The first-order valence-corrected chi connectivity index (χ1v) is 13.5. The highest BCUT2D eigenvalue weighted by atomic mass is 32.2. The molecule has 1 aliphatic rings. The van der Waals surface area contributed by atoms with Crippen LogP contribution in [0.4, 0.5) is 0 Å². The Morgan fingerprint density at radius 2 is 2.11 bits per heavy atom. The molecule has 3 aromatic rings. The summed E-state index contributed by atoms with van der Waals surface area (Å²) in [6, 6.07) is 8.15. The number of carbonyl (C=O) groups is 1. The lowest BCUT2D eigenvalue weighted by atomic mass is 9.79. The second-order valence-electron chi connectivity index (χ2n) is 9.29. The first-order valence-electron chi connectivity index (χ1n) is 12.5. The van der Waals surface area contributed by atoms with Gasteiger partial charge >= 0.3 is 5.97 Å². The van der Waals surface area contributed by atoms with Crippen LogP contribution in [0.15, 0.2) is 52.6 Å². The van der Waals surface area contributed by atoms with Crippen molar-refractivity contribution >= 4 is 28.6 Å². The number of likely N-dealkylation sites (tertiary alicyclic amines) is 1. The molecule has 0 bridgehead atoms. The standard InChI is InChI=1S/C27H35N3O4S/c1-33-23-7-8-25-24(18-23)21(10-12-28-25)5-2-4-20-11-15-30(19-22(20)6-9-26(31)32)14-3-17-35-27-29-13-16-34-27/h7-8,10,12-13,16,18,20,22H,2-6,9,11,14-15,17,19H2,1H3,(H,31,32). The molecule has 8 heteroatoms. The maximum atomic E-state index is 11.3. The lowest BCUT2D eigenvalue weighted by Crippen LogP contribution is -2.41. The lowest BCUT2D eigenvalue weighted by Gasteiger charge is -2.39. The average Bonchev–Trinajstić information content (AvgIpc) is 3.39. The maximum Gasteiger partial charge on any atom is 0.303 e. The Labute approximate surface area is 211 Å². The van der Waals surface area contributed by atoms with Crippen molar-refractivity contribution < 1.29 is 19.1 Å². The molecule has 2 aromatic heterocycles. The summed E-state index contributed by atoms with van der Waals surface area (Å²) in [5, 5.41) is 11.2. The van der Waals surface area contributed by atoms with Crippen LogP contribution >= 0.6 is 11.8 Å². The molecule has 1 fully saturated rings. The third-order valence-corrected chi connectivity index (χ3v) is 7.96.